The van der Waals surface area contributed by atoms with Crippen molar-refractivity contribution in [3.8, 4) is 0 Å². The highest BCUT2D eigenvalue weighted by Crippen LogP contribution is 2.22. The van der Waals surface area contributed by atoms with Gasteiger partial charge in [0.05, 0.1) is 6.61 Å². The lowest BCUT2D eigenvalue weighted by Gasteiger charge is -2.28. The number of hydrogen-bond acceptors (Lipinski definition) is 3. The molecule has 0 saturated heterocycles. The normalized spacial score (nSPS) is 23.3. The Morgan fingerprint density at radius 1 is 1.62 bits per heavy atom. The molecule has 0 bridgehead atoms. The highest BCUT2D eigenvalue weighted by atomic mass is 16.5. The fraction of sp³-hybridized carbons (Fsp3) is 0.800. The van der Waals surface area contributed by atoms with Crippen LogP contribution in [0.3, 0.4) is 0 Å². The Morgan fingerprint density at radius 3 is 3.00 bits per heavy atom. The Kier molecular flexibility index (Phi) is 4.09. The van der Waals surface area contributed by atoms with Gasteiger partial charge in [0.25, 0.3) is 0 Å². The Hall–Kier alpha value is -0.700. The van der Waals surface area contributed by atoms with Crippen molar-refractivity contribution in [1.82, 2.24) is 4.90 Å². The lowest BCUT2D eigenvalue weighted by molar-refractivity contribution is 0.00309. The van der Waals surface area contributed by atoms with E-state index in [1.807, 2.05) is 6.20 Å². The molecule has 1 aliphatic rings. The van der Waals surface area contributed by atoms with E-state index in [0.29, 0.717) is 12.5 Å². The summed E-state index contributed by atoms with van der Waals surface area (Å²) in [7, 11) is 0. The van der Waals surface area contributed by atoms with Gasteiger partial charge in [0, 0.05) is 18.7 Å². The van der Waals surface area contributed by atoms with Crippen LogP contribution in [-0.2, 0) is 4.74 Å². The van der Waals surface area contributed by atoms with Crippen LogP contribution in [0.15, 0.2) is 12.5 Å². The predicted octanol–water partition coefficient (Wildman–Crippen LogP) is 1.54. The van der Waals surface area contributed by atoms with Crippen LogP contribution in [0.1, 0.15) is 26.7 Å². The van der Waals surface area contributed by atoms with Gasteiger partial charge in [-0.15, -0.1) is 0 Å². The first-order valence-electron chi connectivity index (χ1n) is 4.98. The van der Waals surface area contributed by atoms with Crippen molar-refractivity contribution in [3.05, 3.63) is 12.5 Å². The molecule has 0 radical (unpaired) electrons. The van der Waals surface area contributed by atoms with Crippen molar-refractivity contribution in [1.29, 1.82) is 0 Å². The summed E-state index contributed by atoms with van der Waals surface area (Å²) >= 11 is 0. The molecule has 1 rings (SSSR count). The summed E-state index contributed by atoms with van der Waals surface area (Å²) in [6.07, 6.45) is 6.09. The van der Waals surface area contributed by atoms with Gasteiger partial charge in [-0.25, -0.2) is 0 Å². The molecule has 0 spiro atoms. The minimum atomic E-state index is 0.132. The number of aliphatic hydroxyl groups excluding tert-OH is 1. The fourth-order valence-electron chi connectivity index (χ4n) is 1.73. The molecule has 1 heterocycles. The van der Waals surface area contributed by atoms with Gasteiger partial charge in [-0.2, -0.15) is 0 Å². The summed E-state index contributed by atoms with van der Waals surface area (Å²) in [5, 5.41) is 8.83. The standard InChI is InChI=1S/C10H19NO2/c1-3-4-9(2)10-11(5-7-12)6-8-13-10/h6,8-10,12H,3-5,7H2,1-2H3. The van der Waals surface area contributed by atoms with Crippen LogP contribution < -0.4 is 0 Å². The van der Waals surface area contributed by atoms with E-state index >= 15 is 0 Å². The largest absolute Gasteiger partial charge is 0.476 e. The van der Waals surface area contributed by atoms with Crippen LogP contribution >= 0.6 is 0 Å². The van der Waals surface area contributed by atoms with Crippen LogP contribution in [0.2, 0.25) is 0 Å². The van der Waals surface area contributed by atoms with E-state index in [1.165, 1.54) is 6.42 Å². The van der Waals surface area contributed by atoms with Crippen molar-refractivity contribution in [3.63, 3.8) is 0 Å². The monoisotopic (exact) mass is 185 g/mol. The number of ether oxygens (including phenoxy) is 1. The average molecular weight is 185 g/mol. The van der Waals surface area contributed by atoms with E-state index in [1.54, 1.807) is 6.26 Å². The molecule has 3 nitrogen and oxygen atoms in total. The molecule has 0 aliphatic carbocycles. The SMILES string of the molecule is CCCC(C)C1OC=CN1CCO. The maximum atomic E-state index is 8.83. The van der Waals surface area contributed by atoms with Crippen molar-refractivity contribution in [2.24, 2.45) is 5.92 Å². The van der Waals surface area contributed by atoms with Gasteiger partial charge in [-0.1, -0.05) is 20.3 Å². The van der Waals surface area contributed by atoms with Crippen molar-refractivity contribution < 1.29 is 9.84 Å². The van der Waals surface area contributed by atoms with Crippen molar-refractivity contribution in [2.75, 3.05) is 13.2 Å². The van der Waals surface area contributed by atoms with Crippen LogP contribution in [-0.4, -0.2) is 29.4 Å². The molecule has 2 atom stereocenters. The number of β-amino-alcohol motifs (C(OH)–C–C–N with tert-alkyl or cyclic N) is 1. The van der Waals surface area contributed by atoms with E-state index in [4.69, 9.17) is 9.84 Å². The zero-order valence-electron chi connectivity index (χ0n) is 8.44. The second kappa shape index (κ2) is 5.12. The maximum absolute atomic E-state index is 8.83. The highest BCUT2D eigenvalue weighted by Gasteiger charge is 2.25. The third kappa shape index (κ3) is 2.62. The lowest BCUT2D eigenvalue weighted by atomic mass is 10.0. The summed E-state index contributed by atoms with van der Waals surface area (Å²) in [6, 6.07) is 0. The molecular formula is C10H19NO2. The van der Waals surface area contributed by atoms with Gasteiger partial charge in [0.2, 0.25) is 0 Å². The Labute approximate surface area is 80.0 Å². The van der Waals surface area contributed by atoms with E-state index in [9.17, 15) is 0 Å². The molecule has 0 saturated carbocycles. The molecule has 0 aromatic heterocycles. The third-order valence-electron chi connectivity index (χ3n) is 2.39. The van der Waals surface area contributed by atoms with Crippen LogP contribution in [0.5, 0.6) is 0 Å². The molecule has 0 aromatic rings. The number of rotatable bonds is 5. The quantitative estimate of drug-likeness (QED) is 0.705. The molecule has 0 aromatic carbocycles. The minimum absolute atomic E-state index is 0.132. The zero-order valence-corrected chi connectivity index (χ0v) is 8.44. The highest BCUT2D eigenvalue weighted by molar-refractivity contribution is 4.88. The summed E-state index contributed by atoms with van der Waals surface area (Å²) in [5.74, 6) is 0.520. The van der Waals surface area contributed by atoms with E-state index in [-0.39, 0.29) is 12.8 Å². The van der Waals surface area contributed by atoms with E-state index in [2.05, 4.69) is 18.7 Å². The molecule has 76 valence electrons. The number of hydrogen-bond donors (Lipinski definition) is 1. The summed E-state index contributed by atoms with van der Waals surface area (Å²) in [4.78, 5) is 2.06. The fourth-order valence-corrected chi connectivity index (χ4v) is 1.73. The molecule has 1 N–H and O–H groups in total. The van der Waals surface area contributed by atoms with Gasteiger partial charge < -0.3 is 14.7 Å². The molecule has 0 amide bonds. The second-order valence-electron chi connectivity index (χ2n) is 3.54. The second-order valence-corrected chi connectivity index (χ2v) is 3.54. The van der Waals surface area contributed by atoms with Crippen LogP contribution in [0, 0.1) is 5.92 Å². The lowest BCUT2D eigenvalue weighted by Crippen LogP contribution is -2.35. The molecule has 3 heteroatoms. The first kappa shape index (κ1) is 10.4. The molecule has 0 fully saturated rings. The van der Waals surface area contributed by atoms with E-state index < -0.39 is 0 Å². The first-order chi connectivity index (χ1) is 6.29. The van der Waals surface area contributed by atoms with Crippen molar-refractivity contribution in [2.45, 2.75) is 32.9 Å². The number of aliphatic hydroxyl groups is 1. The molecular weight excluding hydrogens is 166 g/mol. The summed E-state index contributed by atoms with van der Waals surface area (Å²) in [5.41, 5.74) is 0. The van der Waals surface area contributed by atoms with Gasteiger partial charge in [0.1, 0.15) is 6.26 Å². The Bertz CT molecular complexity index is 170. The van der Waals surface area contributed by atoms with Crippen LogP contribution in [0.4, 0.5) is 0 Å². The van der Waals surface area contributed by atoms with Gasteiger partial charge in [-0.3, -0.25) is 0 Å². The van der Waals surface area contributed by atoms with Crippen molar-refractivity contribution >= 4 is 0 Å². The summed E-state index contributed by atoms with van der Waals surface area (Å²) in [6.45, 7) is 5.21. The minimum Gasteiger partial charge on any atom is -0.476 e. The zero-order chi connectivity index (χ0) is 9.68. The van der Waals surface area contributed by atoms with Gasteiger partial charge >= 0.3 is 0 Å². The smallest absolute Gasteiger partial charge is 0.173 e. The number of nitrogens with zero attached hydrogens (tertiary/aromatic N) is 1. The molecule has 2 unspecified atom stereocenters. The van der Waals surface area contributed by atoms with Crippen LogP contribution in [0.25, 0.3) is 0 Å². The Balaban J connectivity index is 2.40. The molecule has 13 heavy (non-hydrogen) atoms. The topological polar surface area (TPSA) is 32.7 Å². The van der Waals surface area contributed by atoms with E-state index in [0.717, 1.165) is 6.42 Å². The predicted molar refractivity (Wildman–Crippen MR) is 51.9 cm³/mol. The summed E-state index contributed by atoms with van der Waals surface area (Å²) < 4.78 is 5.47. The van der Waals surface area contributed by atoms with Gasteiger partial charge in [-0.05, 0) is 6.42 Å². The first-order valence-corrected chi connectivity index (χ1v) is 4.98. The molecule has 1 aliphatic heterocycles. The third-order valence-corrected chi connectivity index (χ3v) is 2.39. The Morgan fingerprint density at radius 2 is 2.38 bits per heavy atom. The maximum Gasteiger partial charge on any atom is 0.173 e. The average Bonchev–Trinajstić information content (AvgIpc) is 2.54. The van der Waals surface area contributed by atoms with Gasteiger partial charge in [0.15, 0.2) is 6.23 Å².